The molecule has 5 nitrogen and oxygen atoms in total. The van der Waals surface area contributed by atoms with Crippen molar-refractivity contribution in [1.82, 2.24) is 9.97 Å². The van der Waals surface area contributed by atoms with Crippen LogP contribution < -0.4 is 5.73 Å². The number of esters is 1. The zero-order valence-electron chi connectivity index (χ0n) is 11.8. The van der Waals surface area contributed by atoms with Crippen molar-refractivity contribution in [2.24, 2.45) is 0 Å². The first kappa shape index (κ1) is 15.1. The number of hydrogen-bond acceptors (Lipinski definition) is 6. The van der Waals surface area contributed by atoms with Crippen molar-refractivity contribution in [2.75, 3.05) is 12.3 Å². The summed E-state index contributed by atoms with van der Waals surface area (Å²) in [6.07, 6.45) is 9.06. The number of anilines is 1. The molecule has 2 N–H and O–H groups in total. The number of carbonyl (C=O) groups excluding carboxylic acids is 1. The van der Waals surface area contributed by atoms with Gasteiger partial charge in [0, 0.05) is 11.4 Å². The molecule has 1 saturated carbocycles. The van der Waals surface area contributed by atoms with Gasteiger partial charge in [0.1, 0.15) is 11.4 Å². The molecular formula is C14H21N3O2S. The largest absolute Gasteiger partial charge is 0.462 e. The molecule has 0 spiro atoms. The van der Waals surface area contributed by atoms with Crippen molar-refractivity contribution >= 4 is 23.5 Å². The second-order valence-electron chi connectivity index (χ2n) is 4.90. The molecule has 1 aliphatic rings. The first-order valence-electron chi connectivity index (χ1n) is 7.17. The Hall–Kier alpha value is -1.30. The quantitative estimate of drug-likeness (QED) is 0.522. The summed E-state index contributed by atoms with van der Waals surface area (Å²) in [5, 5.41) is 1.22. The minimum atomic E-state index is -0.462. The molecule has 110 valence electrons. The van der Waals surface area contributed by atoms with E-state index in [0.717, 1.165) is 0 Å². The van der Waals surface area contributed by atoms with E-state index in [1.54, 1.807) is 18.7 Å². The Morgan fingerprint density at radius 1 is 1.40 bits per heavy atom. The average molecular weight is 295 g/mol. The fourth-order valence-electron chi connectivity index (χ4n) is 2.31. The van der Waals surface area contributed by atoms with Crippen LogP contribution in [0.3, 0.4) is 0 Å². The summed E-state index contributed by atoms with van der Waals surface area (Å²) in [6.45, 7) is 2.07. The summed E-state index contributed by atoms with van der Waals surface area (Å²) in [5.41, 5.74) is 6.07. The molecule has 1 aromatic heterocycles. The van der Waals surface area contributed by atoms with E-state index < -0.39 is 5.97 Å². The Balaban J connectivity index is 2.02. The Labute approximate surface area is 123 Å². The summed E-state index contributed by atoms with van der Waals surface area (Å²) in [7, 11) is 0. The summed E-state index contributed by atoms with van der Waals surface area (Å²) < 4.78 is 4.91. The molecular weight excluding hydrogens is 274 g/mol. The number of hydrogen-bond donors (Lipinski definition) is 1. The Kier molecular flexibility index (Phi) is 5.64. The normalized spacial score (nSPS) is 16.6. The van der Waals surface area contributed by atoms with Gasteiger partial charge in [-0.25, -0.2) is 14.8 Å². The van der Waals surface area contributed by atoms with E-state index in [-0.39, 0.29) is 11.4 Å². The SMILES string of the molecule is CCOC(=O)c1cnc(SC2CCCCCC2)nc1N. The first-order chi connectivity index (χ1) is 9.70. The van der Waals surface area contributed by atoms with Gasteiger partial charge in [-0.15, -0.1) is 0 Å². The summed E-state index contributed by atoms with van der Waals surface area (Å²) in [6, 6.07) is 0. The Bertz CT molecular complexity index is 460. The number of rotatable bonds is 4. The molecule has 1 aromatic rings. The van der Waals surface area contributed by atoms with Gasteiger partial charge >= 0.3 is 5.97 Å². The van der Waals surface area contributed by atoms with E-state index in [1.807, 2.05) is 0 Å². The number of nitrogens with two attached hydrogens (primary N) is 1. The third kappa shape index (κ3) is 4.10. The molecule has 1 fully saturated rings. The minimum Gasteiger partial charge on any atom is -0.462 e. The van der Waals surface area contributed by atoms with Gasteiger partial charge in [0.15, 0.2) is 5.16 Å². The van der Waals surface area contributed by atoms with Gasteiger partial charge in [-0.1, -0.05) is 37.4 Å². The van der Waals surface area contributed by atoms with E-state index in [9.17, 15) is 4.79 Å². The second-order valence-corrected chi connectivity index (χ2v) is 6.17. The number of nitrogens with zero attached hydrogens (tertiary/aromatic N) is 2. The lowest BCUT2D eigenvalue weighted by Crippen LogP contribution is -2.11. The molecule has 2 rings (SSSR count). The van der Waals surface area contributed by atoms with Crippen LogP contribution in [0, 0.1) is 0 Å². The van der Waals surface area contributed by atoms with Gasteiger partial charge in [-0.2, -0.15) is 0 Å². The predicted octanol–water partition coefficient (Wildman–Crippen LogP) is 3.05. The summed E-state index contributed by atoms with van der Waals surface area (Å²) in [5.74, 6) is -0.259. The maximum atomic E-state index is 11.6. The fraction of sp³-hybridized carbons (Fsp3) is 0.643. The van der Waals surface area contributed by atoms with Crippen LogP contribution in [0.15, 0.2) is 11.4 Å². The standard InChI is InChI=1S/C14H21N3O2S/c1-2-19-13(18)11-9-16-14(17-12(11)15)20-10-7-5-3-4-6-8-10/h9-10H,2-8H2,1H3,(H2,15,16,17). The molecule has 0 atom stereocenters. The molecule has 0 saturated heterocycles. The number of ether oxygens (including phenoxy) is 1. The van der Waals surface area contributed by atoms with Gasteiger partial charge in [-0.05, 0) is 19.8 Å². The van der Waals surface area contributed by atoms with Crippen LogP contribution >= 0.6 is 11.8 Å². The van der Waals surface area contributed by atoms with Gasteiger partial charge in [0.2, 0.25) is 0 Å². The third-order valence-electron chi connectivity index (χ3n) is 3.37. The highest BCUT2D eigenvalue weighted by Gasteiger charge is 2.18. The lowest BCUT2D eigenvalue weighted by molar-refractivity contribution is 0.0526. The zero-order valence-corrected chi connectivity index (χ0v) is 12.6. The molecule has 0 bridgehead atoms. The predicted molar refractivity (Wildman–Crippen MR) is 79.7 cm³/mol. The monoisotopic (exact) mass is 295 g/mol. The summed E-state index contributed by atoms with van der Waals surface area (Å²) in [4.78, 5) is 20.1. The summed E-state index contributed by atoms with van der Waals surface area (Å²) >= 11 is 1.67. The van der Waals surface area contributed by atoms with Crippen LogP contribution in [0.4, 0.5) is 5.82 Å². The van der Waals surface area contributed by atoms with Crippen LogP contribution in [0.25, 0.3) is 0 Å². The number of aromatic nitrogens is 2. The van der Waals surface area contributed by atoms with Crippen molar-refractivity contribution in [2.45, 2.75) is 55.9 Å². The first-order valence-corrected chi connectivity index (χ1v) is 8.05. The number of carbonyl (C=O) groups is 1. The lowest BCUT2D eigenvalue weighted by atomic mass is 10.2. The van der Waals surface area contributed by atoms with Crippen molar-refractivity contribution in [3.63, 3.8) is 0 Å². The van der Waals surface area contributed by atoms with Gasteiger partial charge in [0.25, 0.3) is 0 Å². The van der Waals surface area contributed by atoms with E-state index in [4.69, 9.17) is 10.5 Å². The molecule has 20 heavy (non-hydrogen) atoms. The zero-order chi connectivity index (χ0) is 14.4. The van der Waals surface area contributed by atoms with Crippen LogP contribution in [0.2, 0.25) is 0 Å². The van der Waals surface area contributed by atoms with E-state index in [0.29, 0.717) is 17.0 Å². The molecule has 1 heterocycles. The van der Waals surface area contributed by atoms with Crippen LogP contribution in [-0.4, -0.2) is 27.8 Å². The average Bonchev–Trinajstić information content (AvgIpc) is 2.67. The maximum absolute atomic E-state index is 11.6. The van der Waals surface area contributed by atoms with Crippen LogP contribution in [0.5, 0.6) is 0 Å². The van der Waals surface area contributed by atoms with Crippen molar-refractivity contribution in [3.8, 4) is 0 Å². The van der Waals surface area contributed by atoms with Crippen LogP contribution in [0.1, 0.15) is 55.8 Å². The van der Waals surface area contributed by atoms with E-state index >= 15 is 0 Å². The minimum absolute atomic E-state index is 0.203. The highest BCUT2D eigenvalue weighted by atomic mass is 32.2. The molecule has 6 heteroatoms. The van der Waals surface area contributed by atoms with Gasteiger partial charge in [0.05, 0.1) is 6.61 Å². The topological polar surface area (TPSA) is 78.1 Å². The third-order valence-corrected chi connectivity index (χ3v) is 4.58. The van der Waals surface area contributed by atoms with Gasteiger partial charge in [-0.3, -0.25) is 0 Å². The lowest BCUT2D eigenvalue weighted by Gasteiger charge is -2.12. The van der Waals surface area contributed by atoms with E-state index in [2.05, 4.69) is 9.97 Å². The Morgan fingerprint density at radius 3 is 2.70 bits per heavy atom. The van der Waals surface area contributed by atoms with Crippen LogP contribution in [-0.2, 0) is 4.74 Å². The van der Waals surface area contributed by atoms with Gasteiger partial charge < -0.3 is 10.5 Å². The molecule has 0 unspecified atom stereocenters. The molecule has 0 radical (unpaired) electrons. The Morgan fingerprint density at radius 2 is 2.10 bits per heavy atom. The second kappa shape index (κ2) is 7.47. The van der Waals surface area contributed by atoms with E-state index in [1.165, 1.54) is 44.7 Å². The van der Waals surface area contributed by atoms with Crippen molar-refractivity contribution in [3.05, 3.63) is 11.8 Å². The highest BCUT2D eigenvalue weighted by molar-refractivity contribution is 7.99. The maximum Gasteiger partial charge on any atom is 0.343 e. The van der Waals surface area contributed by atoms with Crippen molar-refractivity contribution in [1.29, 1.82) is 0 Å². The highest BCUT2D eigenvalue weighted by Crippen LogP contribution is 2.31. The molecule has 1 aliphatic carbocycles. The smallest absolute Gasteiger partial charge is 0.343 e. The molecule has 0 aliphatic heterocycles. The molecule has 0 aromatic carbocycles. The fourth-order valence-corrected chi connectivity index (χ4v) is 3.44. The number of thioether (sulfide) groups is 1. The van der Waals surface area contributed by atoms with Crippen molar-refractivity contribution < 1.29 is 9.53 Å². The molecule has 0 amide bonds. The number of nitrogen functional groups attached to an aromatic ring is 1.